The summed E-state index contributed by atoms with van der Waals surface area (Å²) in [4.78, 5) is 24.8. The number of nitrogens with zero attached hydrogens (tertiary/aromatic N) is 1. The standard InChI is InChI=1S/C22H25NO5S/c1-16-11-12-19(29(26,27)23-13-7-6-8-17(23)2)14-20(16)22(25)28-15-21(24)18-9-4-3-5-10-18/h3-5,9-12,14,17H,6-8,13,15H2,1-2H3. The highest BCUT2D eigenvalue weighted by Gasteiger charge is 2.31. The lowest BCUT2D eigenvalue weighted by Crippen LogP contribution is -2.41. The van der Waals surface area contributed by atoms with Crippen LogP contribution in [0.2, 0.25) is 0 Å². The van der Waals surface area contributed by atoms with Gasteiger partial charge in [-0.15, -0.1) is 0 Å². The number of carbonyl (C=O) groups is 2. The summed E-state index contributed by atoms with van der Waals surface area (Å²) in [6, 6.07) is 12.9. The van der Waals surface area contributed by atoms with Gasteiger partial charge in [-0.1, -0.05) is 42.8 Å². The molecule has 1 saturated heterocycles. The summed E-state index contributed by atoms with van der Waals surface area (Å²) < 4.78 is 32.8. The maximum absolute atomic E-state index is 13.1. The van der Waals surface area contributed by atoms with Gasteiger partial charge < -0.3 is 4.74 Å². The first-order valence-electron chi connectivity index (χ1n) is 9.68. The Hall–Kier alpha value is -2.51. The molecule has 1 unspecified atom stereocenters. The predicted octanol–water partition coefficient (Wildman–Crippen LogP) is 3.60. The Morgan fingerprint density at radius 1 is 1.10 bits per heavy atom. The van der Waals surface area contributed by atoms with Crippen LogP contribution in [0.3, 0.4) is 0 Å². The second-order valence-electron chi connectivity index (χ2n) is 7.30. The van der Waals surface area contributed by atoms with Crippen molar-refractivity contribution in [3.63, 3.8) is 0 Å². The number of sulfonamides is 1. The first kappa shape index (κ1) is 21.2. The van der Waals surface area contributed by atoms with Crippen LogP contribution in [0.4, 0.5) is 0 Å². The third-order valence-electron chi connectivity index (χ3n) is 5.21. The van der Waals surface area contributed by atoms with Crippen molar-refractivity contribution >= 4 is 21.8 Å². The van der Waals surface area contributed by atoms with E-state index in [0.717, 1.165) is 19.3 Å². The number of aryl methyl sites for hydroxylation is 1. The minimum absolute atomic E-state index is 0.0678. The van der Waals surface area contributed by atoms with Crippen LogP contribution in [0.1, 0.15) is 52.5 Å². The number of rotatable bonds is 6. The van der Waals surface area contributed by atoms with E-state index in [4.69, 9.17) is 4.74 Å². The van der Waals surface area contributed by atoms with Gasteiger partial charge in [-0.25, -0.2) is 13.2 Å². The molecule has 6 nitrogen and oxygen atoms in total. The van der Waals surface area contributed by atoms with Gasteiger partial charge in [-0.05, 0) is 44.4 Å². The van der Waals surface area contributed by atoms with E-state index in [1.807, 2.05) is 6.92 Å². The Morgan fingerprint density at radius 3 is 2.52 bits per heavy atom. The number of esters is 1. The average Bonchev–Trinajstić information content (AvgIpc) is 2.72. The highest BCUT2D eigenvalue weighted by molar-refractivity contribution is 7.89. The Morgan fingerprint density at radius 2 is 1.83 bits per heavy atom. The van der Waals surface area contributed by atoms with Gasteiger partial charge in [-0.3, -0.25) is 4.79 Å². The van der Waals surface area contributed by atoms with Crippen LogP contribution < -0.4 is 0 Å². The number of hydrogen-bond acceptors (Lipinski definition) is 5. The summed E-state index contributed by atoms with van der Waals surface area (Å²) in [6.45, 7) is 3.68. The van der Waals surface area contributed by atoms with Crippen LogP contribution in [0.5, 0.6) is 0 Å². The number of piperidine rings is 1. The van der Waals surface area contributed by atoms with Gasteiger partial charge in [0.2, 0.25) is 10.0 Å². The molecule has 2 aromatic carbocycles. The largest absolute Gasteiger partial charge is 0.454 e. The Labute approximate surface area is 171 Å². The number of ether oxygens (including phenoxy) is 1. The lowest BCUT2D eigenvalue weighted by molar-refractivity contribution is 0.0473. The fourth-order valence-electron chi connectivity index (χ4n) is 3.46. The molecule has 1 atom stereocenters. The van der Waals surface area contributed by atoms with E-state index in [0.29, 0.717) is 17.7 Å². The molecule has 0 radical (unpaired) electrons. The zero-order chi connectivity index (χ0) is 21.0. The van der Waals surface area contributed by atoms with Gasteiger partial charge in [0.25, 0.3) is 0 Å². The SMILES string of the molecule is Cc1ccc(S(=O)(=O)N2CCCCC2C)cc1C(=O)OCC(=O)c1ccccc1. The topological polar surface area (TPSA) is 80.8 Å². The number of carbonyl (C=O) groups excluding carboxylic acids is 2. The van der Waals surface area contributed by atoms with Gasteiger partial charge in [-0.2, -0.15) is 4.31 Å². The lowest BCUT2D eigenvalue weighted by Gasteiger charge is -2.32. The van der Waals surface area contributed by atoms with Crippen molar-refractivity contribution in [1.82, 2.24) is 4.31 Å². The van der Waals surface area contributed by atoms with Crippen molar-refractivity contribution in [2.45, 2.75) is 44.0 Å². The summed E-state index contributed by atoms with van der Waals surface area (Å²) in [5.41, 5.74) is 1.19. The molecule has 29 heavy (non-hydrogen) atoms. The Kier molecular flexibility index (Phi) is 6.49. The van der Waals surface area contributed by atoms with E-state index in [9.17, 15) is 18.0 Å². The van der Waals surface area contributed by atoms with Crippen LogP contribution >= 0.6 is 0 Å². The molecule has 7 heteroatoms. The second-order valence-corrected chi connectivity index (χ2v) is 9.19. The summed E-state index contributed by atoms with van der Waals surface area (Å²) >= 11 is 0. The molecular formula is C22H25NO5S. The molecule has 1 heterocycles. The summed E-state index contributed by atoms with van der Waals surface area (Å²) in [7, 11) is -3.70. The molecular weight excluding hydrogens is 390 g/mol. The molecule has 0 spiro atoms. The third kappa shape index (κ3) is 4.74. The molecule has 0 amide bonds. The molecule has 0 N–H and O–H groups in total. The number of ketones is 1. The first-order valence-corrected chi connectivity index (χ1v) is 11.1. The van der Waals surface area contributed by atoms with Crippen LogP contribution in [-0.2, 0) is 14.8 Å². The fourth-order valence-corrected chi connectivity index (χ4v) is 5.19. The minimum atomic E-state index is -3.70. The molecule has 0 aromatic heterocycles. The predicted molar refractivity (Wildman–Crippen MR) is 109 cm³/mol. The van der Waals surface area contributed by atoms with E-state index in [1.54, 1.807) is 43.3 Å². The molecule has 0 saturated carbocycles. The molecule has 3 rings (SSSR count). The minimum Gasteiger partial charge on any atom is -0.454 e. The molecule has 0 bridgehead atoms. The summed E-state index contributed by atoms with van der Waals surface area (Å²) in [5, 5.41) is 0. The fraction of sp³-hybridized carbons (Fsp3) is 0.364. The normalized spacial score (nSPS) is 17.7. The molecule has 0 aliphatic carbocycles. The summed E-state index contributed by atoms with van der Waals surface area (Å²) in [5.74, 6) is -1.03. The van der Waals surface area contributed by atoms with Gasteiger partial charge in [0.15, 0.2) is 12.4 Å². The van der Waals surface area contributed by atoms with Crippen molar-refractivity contribution in [3.8, 4) is 0 Å². The van der Waals surface area contributed by atoms with Crippen molar-refractivity contribution in [3.05, 3.63) is 65.2 Å². The zero-order valence-electron chi connectivity index (χ0n) is 16.6. The van der Waals surface area contributed by atoms with E-state index in [-0.39, 0.29) is 22.3 Å². The lowest BCUT2D eigenvalue weighted by atomic mass is 10.1. The van der Waals surface area contributed by atoms with Crippen molar-refractivity contribution in [2.24, 2.45) is 0 Å². The van der Waals surface area contributed by atoms with Crippen LogP contribution in [-0.4, -0.2) is 43.7 Å². The van der Waals surface area contributed by atoms with E-state index < -0.39 is 22.6 Å². The quantitative estimate of drug-likeness (QED) is 0.532. The second kappa shape index (κ2) is 8.88. The number of hydrogen-bond donors (Lipinski definition) is 0. The Bertz CT molecular complexity index is 1000. The van der Waals surface area contributed by atoms with Crippen LogP contribution in [0.15, 0.2) is 53.4 Å². The van der Waals surface area contributed by atoms with Crippen LogP contribution in [0.25, 0.3) is 0 Å². The molecule has 1 fully saturated rings. The van der Waals surface area contributed by atoms with Gasteiger partial charge in [0.1, 0.15) is 0 Å². The van der Waals surface area contributed by atoms with E-state index >= 15 is 0 Å². The zero-order valence-corrected chi connectivity index (χ0v) is 17.4. The van der Waals surface area contributed by atoms with Crippen molar-refractivity contribution < 1.29 is 22.7 Å². The smallest absolute Gasteiger partial charge is 0.338 e. The highest BCUT2D eigenvalue weighted by atomic mass is 32.2. The van der Waals surface area contributed by atoms with E-state index in [2.05, 4.69) is 0 Å². The highest BCUT2D eigenvalue weighted by Crippen LogP contribution is 2.26. The molecule has 154 valence electrons. The van der Waals surface area contributed by atoms with E-state index in [1.165, 1.54) is 16.4 Å². The first-order chi connectivity index (χ1) is 13.8. The number of benzene rings is 2. The maximum atomic E-state index is 13.1. The third-order valence-corrected chi connectivity index (χ3v) is 7.22. The van der Waals surface area contributed by atoms with Gasteiger partial charge in [0.05, 0.1) is 10.5 Å². The van der Waals surface area contributed by atoms with Gasteiger partial charge in [0, 0.05) is 18.2 Å². The van der Waals surface area contributed by atoms with Crippen molar-refractivity contribution in [1.29, 1.82) is 0 Å². The molecule has 1 aliphatic heterocycles. The van der Waals surface area contributed by atoms with Crippen LogP contribution in [0, 0.1) is 6.92 Å². The Balaban J connectivity index is 1.78. The summed E-state index contributed by atoms with van der Waals surface area (Å²) in [6.07, 6.45) is 2.65. The number of Topliss-reactive ketones (excluding diaryl/α,β-unsaturated/α-hetero) is 1. The van der Waals surface area contributed by atoms with Crippen molar-refractivity contribution in [2.75, 3.05) is 13.2 Å². The molecule has 2 aromatic rings. The van der Waals surface area contributed by atoms with Gasteiger partial charge >= 0.3 is 5.97 Å². The maximum Gasteiger partial charge on any atom is 0.338 e. The monoisotopic (exact) mass is 415 g/mol. The molecule has 1 aliphatic rings. The average molecular weight is 416 g/mol.